The van der Waals surface area contributed by atoms with Crippen molar-refractivity contribution < 1.29 is 13.6 Å². The van der Waals surface area contributed by atoms with Gasteiger partial charge in [-0.3, -0.25) is 4.79 Å². The van der Waals surface area contributed by atoms with E-state index in [0.29, 0.717) is 6.42 Å². The lowest BCUT2D eigenvalue weighted by Gasteiger charge is -2.11. The van der Waals surface area contributed by atoms with E-state index in [9.17, 15) is 13.6 Å². The topological polar surface area (TPSA) is 29.1 Å². The number of hydrogen-bond acceptors (Lipinski definition) is 1. The van der Waals surface area contributed by atoms with Crippen molar-refractivity contribution in [3.8, 4) is 12.3 Å². The zero-order valence-corrected chi connectivity index (χ0v) is 9.47. The minimum Gasteiger partial charge on any atom is -0.352 e. The van der Waals surface area contributed by atoms with Crippen LogP contribution in [-0.2, 0) is 11.2 Å². The van der Waals surface area contributed by atoms with E-state index in [-0.39, 0.29) is 23.9 Å². The predicted molar refractivity (Wildman–Crippen MR) is 61.1 cm³/mol. The minimum absolute atomic E-state index is 0.0374. The second kappa shape index (κ2) is 6.00. The highest BCUT2D eigenvalue weighted by atomic mass is 19.2. The molecule has 0 aliphatic heterocycles. The molecule has 0 saturated heterocycles. The van der Waals surface area contributed by atoms with E-state index >= 15 is 0 Å². The zero-order valence-electron chi connectivity index (χ0n) is 9.47. The molecule has 0 aliphatic rings. The molecule has 17 heavy (non-hydrogen) atoms. The number of hydrogen-bond donors (Lipinski definition) is 1. The second-order valence-electron chi connectivity index (χ2n) is 3.77. The first-order valence-corrected chi connectivity index (χ1v) is 5.20. The number of rotatable bonds is 4. The van der Waals surface area contributed by atoms with Crippen molar-refractivity contribution in [3.63, 3.8) is 0 Å². The van der Waals surface area contributed by atoms with E-state index in [4.69, 9.17) is 6.42 Å². The quantitative estimate of drug-likeness (QED) is 0.798. The van der Waals surface area contributed by atoms with Crippen LogP contribution in [0.15, 0.2) is 18.2 Å². The third-order valence-electron chi connectivity index (χ3n) is 2.21. The van der Waals surface area contributed by atoms with Gasteiger partial charge in [0.25, 0.3) is 0 Å². The van der Waals surface area contributed by atoms with Crippen LogP contribution in [0.5, 0.6) is 0 Å². The Morgan fingerprint density at radius 1 is 1.53 bits per heavy atom. The molecular weight excluding hydrogens is 224 g/mol. The van der Waals surface area contributed by atoms with Crippen LogP contribution in [-0.4, -0.2) is 11.9 Å². The molecule has 0 spiro atoms. The molecule has 0 bridgehead atoms. The van der Waals surface area contributed by atoms with Crippen LogP contribution in [0.25, 0.3) is 0 Å². The molecule has 0 radical (unpaired) electrons. The van der Waals surface area contributed by atoms with E-state index in [2.05, 4.69) is 11.2 Å². The molecule has 0 aromatic heterocycles. The summed E-state index contributed by atoms with van der Waals surface area (Å²) in [5.41, 5.74) is 0.0374. The summed E-state index contributed by atoms with van der Waals surface area (Å²) >= 11 is 0. The summed E-state index contributed by atoms with van der Waals surface area (Å²) in [7, 11) is 0. The summed E-state index contributed by atoms with van der Waals surface area (Å²) in [6.07, 6.45) is 5.30. The Labute approximate surface area is 99.0 Å². The van der Waals surface area contributed by atoms with Crippen LogP contribution in [0.1, 0.15) is 18.9 Å². The van der Waals surface area contributed by atoms with E-state index < -0.39 is 11.6 Å². The SMILES string of the molecule is C#CCC(C)NC(=O)Cc1cccc(F)c1F. The zero-order chi connectivity index (χ0) is 12.8. The molecule has 0 aliphatic carbocycles. The fourth-order valence-corrected chi connectivity index (χ4v) is 1.41. The van der Waals surface area contributed by atoms with Gasteiger partial charge in [-0.05, 0) is 13.0 Å². The van der Waals surface area contributed by atoms with Gasteiger partial charge in [0.15, 0.2) is 11.6 Å². The van der Waals surface area contributed by atoms with Gasteiger partial charge in [0.1, 0.15) is 0 Å². The Hall–Kier alpha value is -1.89. The average molecular weight is 237 g/mol. The minimum atomic E-state index is -0.979. The maximum atomic E-state index is 13.3. The fourth-order valence-electron chi connectivity index (χ4n) is 1.41. The fraction of sp³-hybridized carbons (Fsp3) is 0.308. The number of terminal acetylenes is 1. The maximum Gasteiger partial charge on any atom is 0.224 e. The summed E-state index contributed by atoms with van der Waals surface area (Å²) in [6.45, 7) is 1.75. The molecule has 1 aromatic carbocycles. The second-order valence-corrected chi connectivity index (χ2v) is 3.77. The van der Waals surface area contributed by atoms with Crippen LogP contribution >= 0.6 is 0 Å². The molecule has 0 saturated carbocycles. The van der Waals surface area contributed by atoms with Crippen LogP contribution in [0.4, 0.5) is 8.78 Å². The normalized spacial score (nSPS) is 11.6. The van der Waals surface area contributed by atoms with Crippen molar-refractivity contribution in [1.29, 1.82) is 0 Å². The van der Waals surface area contributed by atoms with Crippen LogP contribution in [0.3, 0.4) is 0 Å². The van der Waals surface area contributed by atoms with E-state index in [1.165, 1.54) is 12.1 Å². The van der Waals surface area contributed by atoms with Crippen molar-refractivity contribution in [1.82, 2.24) is 5.32 Å². The highest BCUT2D eigenvalue weighted by Gasteiger charge is 2.12. The smallest absolute Gasteiger partial charge is 0.224 e. The molecule has 1 rings (SSSR count). The van der Waals surface area contributed by atoms with Crippen molar-refractivity contribution in [3.05, 3.63) is 35.4 Å². The summed E-state index contributed by atoms with van der Waals surface area (Å²) in [6, 6.07) is 3.58. The van der Waals surface area contributed by atoms with Gasteiger partial charge in [-0.15, -0.1) is 12.3 Å². The Morgan fingerprint density at radius 3 is 2.88 bits per heavy atom. The molecule has 4 heteroatoms. The lowest BCUT2D eigenvalue weighted by atomic mass is 10.1. The molecule has 2 nitrogen and oxygen atoms in total. The first-order valence-electron chi connectivity index (χ1n) is 5.20. The molecule has 1 aromatic rings. The molecule has 0 heterocycles. The molecule has 1 N–H and O–H groups in total. The molecular formula is C13H13F2NO. The molecule has 1 unspecified atom stereocenters. The lowest BCUT2D eigenvalue weighted by Crippen LogP contribution is -2.33. The van der Waals surface area contributed by atoms with Crippen LogP contribution < -0.4 is 5.32 Å². The Morgan fingerprint density at radius 2 is 2.24 bits per heavy atom. The molecule has 1 atom stereocenters. The third-order valence-corrected chi connectivity index (χ3v) is 2.21. The Kier molecular flexibility index (Phi) is 4.65. The van der Waals surface area contributed by atoms with E-state index in [1.54, 1.807) is 6.92 Å². The number of amides is 1. The molecule has 1 amide bonds. The van der Waals surface area contributed by atoms with Gasteiger partial charge in [-0.2, -0.15) is 0 Å². The molecule has 0 fully saturated rings. The highest BCUT2D eigenvalue weighted by molar-refractivity contribution is 5.78. The summed E-state index contributed by atoms with van der Waals surface area (Å²) < 4.78 is 26.1. The van der Waals surface area contributed by atoms with Gasteiger partial charge in [0, 0.05) is 18.0 Å². The largest absolute Gasteiger partial charge is 0.352 e. The number of nitrogens with one attached hydrogen (secondary N) is 1. The Bertz CT molecular complexity index is 451. The van der Waals surface area contributed by atoms with Crippen molar-refractivity contribution in [2.75, 3.05) is 0 Å². The Balaban J connectivity index is 2.63. The first kappa shape index (κ1) is 13.2. The lowest BCUT2D eigenvalue weighted by molar-refractivity contribution is -0.121. The third kappa shape index (κ3) is 3.87. The van der Waals surface area contributed by atoms with Crippen molar-refractivity contribution in [2.45, 2.75) is 25.8 Å². The van der Waals surface area contributed by atoms with Crippen molar-refractivity contribution in [2.24, 2.45) is 0 Å². The predicted octanol–water partition coefficient (Wildman–Crippen LogP) is 2.04. The van der Waals surface area contributed by atoms with Gasteiger partial charge < -0.3 is 5.32 Å². The van der Waals surface area contributed by atoms with Gasteiger partial charge in [0.05, 0.1) is 6.42 Å². The van der Waals surface area contributed by atoms with E-state index in [1.807, 2.05) is 0 Å². The summed E-state index contributed by atoms with van der Waals surface area (Å²) in [4.78, 5) is 11.5. The maximum absolute atomic E-state index is 13.3. The summed E-state index contributed by atoms with van der Waals surface area (Å²) in [5.74, 6) is 0.0996. The highest BCUT2D eigenvalue weighted by Crippen LogP contribution is 2.11. The monoisotopic (exact) mass is 237 g/mol. The number of carbonyl (C=O) groups is 1. The standard InChI is InChI=1S/C13H13F2NO/c1-3-5-9(2)16-12(17)8-10-6-4-7-11(14)13(10)15/h1,4,6-7,9H,5,8H2,2H3,(H,16,17). The van der Waals surface area contributed by atoms with Gasteiger partial charge in [-0.1, -0.05) is 12.1 Å². The molecule has 90 valence electrons. The number of halogens is 2. The number of carbonyl (C=O) groups excluding carboxylic acids is 1. The summed E-state index contributed by atoms with van der Waals surface area (Å²) in [5, 5.41) is 2.61. The van der Waals surface area contributed by atoms with Crippen LogP contribution in [0.2, 0.25) is 0 Å². The van der Waals surface area contributed by atoms with Gasteiger partial charge in [0.2, 0.25) is 5.91 Å². The average Bonchev–Trinajstić information content (AvgIpc) is 2.25. The van der Waals surface area contributed by atoms with Crippen LogP contribution in [0, 0.1) is 24.0 Å². The number of benzene rings is 1. The van der Waals surface area contributed by atoms with Gasteiger partial charge in [-0.25, -0.2) is 8.78 Å². The first-order chi connectivity index (χ1) is 8.04. The van der Waals surface area contributed by atoms with Gasteiger partial charge >= 0.3 is 0 Å². The van der Waals surface area contributed by atoms with Crippen molar-refractivity contribution >= 4 is 5.91 Å². The van der Waals surface area contributed by atoms with E-state index in [0.717, 1.165) is 6.07 Å².